The van der Waals surface area contributed by atoms with Crippen LogP contribution in [0.1, 0.15) is 31.0 Å². The van der Waals surface area contributed by atoms with Gasteiger partial charge in [0.1, 0.15) is 0 Å². The molecule has 4 N–H and O–H groups in total. The van der Waals surface area contributed by atoms with E-state index in [1.54, 1.807) is 12.1 Å². The number of hydrogen-bond acceptors (Lipinski definition) is 5. The summed E-state index contributed by atoms with van der Waals surface area (Å²) in [5.74, 6) is 0.258. The van der Waals surface area contributed by atoms with E-state index in [1.165, 1.54) is 7.11 Å². The predicted octanol–water partition coefficient (Wildman–Crippen LogP) is 2.16. The second-order valence-corrected chi connectivity index (χ2v) is 6.67. The summed E-state index contributed by atoms with van der Waals surface area (Å²) in [6.07, 6.45) is 0. The van der Waals surface area contributed by atoms with Gasteiger partial charge in [-0.25, -0.2) is 0 Å². The van der Waals surface area contributed by atoms with Gasteiger partial charge in [-0.2, -0.15) is 0 Å². The van der Waals surface area contributed by atoms with Gasteiger partial charge in [0.25, 0.3) is 5.91 Å². The van der Waals surface area contributed by atoms with E-state index >= 15 is 0 Å². The molecule has 0 aliphatic heterocycles. The Kier molecular flexibility index (Phi) is 8.48. The van der Waals surface area contributed by atoms with Crippen LogP contribution in [0.25, 0.3) is 0 Å². The Balaban J connectivity index is 1.94. The van der Waals surface area contributed by atoms with E-state index in [4.69, 9.17) is 15.2 Å². The Morgan fingerprint density at radius 3 is 2.45 bits per heavy atom. The van der Waals surface area contributed by atoms with Crippen molar-refractivity contribution in [3.05, 3.63) is 59.7 Å². The average Bonchev–Trinajstić information content (AvgIpc) is 2.75. The normalized spacial score (nSPS) is 12.6. The van der Waals surface area contributed by atoms with Crippen LogP contribution in [-0.4, -0.2) is 32.1 Å². The van der Waals surface area contributed by atoms with E-state index in [2.05, 4.69) is 10.6 Å². The number of nitrogens with one attached hydrogen (secondary N) is 2. The lowest BCUT2D eigenvalue weighted by Crippen LogP contribution is -2.35. The first-order valence-electron chi connectivity index (χ1n) is 9.60. The Labute approximate surface area is 171 Å². The SMILES string of the molecule is CCNC(=O)COc1ccc(CNC(=O)C(C)C(N)c2ccccc2)cc1OC. The molecule has 2 rings (SSSR count). The molecule has 0 saturated carbocycles. The quantitative estimate of drug-likeness (QED) is 0.568. The molecule has 0 spiro atoms. The van der Waals surface area contributed by atoms with E-state index < -0.39 is 0 Å². The van der Waals surface area contributed by atoms with Gasteiger partial charge >= 0.3 is 0 Å². The van der Waals surface area contributed by atoms with E-state index in [0.717, 1.165) is 11.1 Å². The van der Waals surface area contributed by atoms with Crippen molar-refractivity contribution in [2.24, 2.45) is 11.7 Å². The average molecular weight is 399 g/mol. The summed E-state index contributed by atoms with van der Waals surface area (Å²) in [4.78, 5) is 24.0. The Bertz CT molecular complexity index is 811. The van der Waals surface area contributed by atoms with Crippen molar-refractivity contribution in [2.45, 2.75) is 26.4 Å². The van der Waals surface area contributed by atoms with Crippen LogP contribution < -0.4 is 25.8 Å². The first-order valence-corrected chi connectivity index (χ1v) is 9.60. The maximum absolute atomic E-state index is 12.5. The number of carbonyl (C=O) groups is 2. The molecule has 156 valence electrons. The second-order valence-electron chi connectivity index (χ2n) is 6.67. The number of amides is 2. The van der Waals surface area contributed by atoms with E-state index in [-0.39, 0.29) is 30.4 Å². The van der Waals surface area contributed by atoms with Crippen LogP contribution >= 0.6 is 0 Å². The van der Waals surface area contributed by atoms with E-state index in [1.807, 2.05) is 50.2 Å². The van der Waals surface area contributed by atoms with Gasteiger partial charge < -0.3 is 25.8 Å². The Morgan fingerprint density at radius 1 is 1.07 bits per heavy atom. The molecule has 0 heterocycles. The summed E-state index contributed by atoms with van der Waals surface area (Å²) in [6, 6.07) is 14.5. The van der Waals surface area contributed by atoms with Crippen molar-refractivity contribution < 1.29 is 19.1 Å². The Morgan fingerprint density at radius 2 is 1.79 bits per heavy atom. The smallest absolute Gasteiger partial charge is 0.257 e. The molecule has 7 nitrogen and oxygen atoms in total. The van der Waals surface area contributed by atoms with E-state index in [9.17, 15) is 9.59 Å². The number of nitrogens with two attached hydrogens (primary N) is 1. The molecule has 0 aliphatic carbocycles. The largest absolute Gasteiger partial charge is 0.493 e. The number of rotatable bonds is 10. The molecule has 2 aromatic carbocycles. The highest BCUT2D eigenvalue weighted by atomic mass is 16.5. The first kappa shape index (κ1) is 22.2. The van der Waals surface area contributed by atoms with Gasteiger partial charge in [0.15, 0.2) is 18.1 Å². The van der Waals surface area contributed by atoms with Gasteiger partial charge in [-0.3, -0.25) is 9.59 Å². The molecule has 0 fully saturated rings. The summed E-state index contributed by atoms with van der Waals surface area (Å²) in [5.41, 5.74) is 7.99. The third-order valence-electron chi connectivity index (χ3n) is 4.56. The van der Waals surface area contributed by atoms with Gasteiger partial charge in [-0.15, -0.1) is 0 Å². The molecule has 29 heavy (non-hydrogen) atoms. The van der Waals surface area contributed by atoms with Gasteiger partial charge in [-0.05, 0) is 30.2 Å². The first-order chi connectivity index (χ1) is 14.0. The molecular formula is C22H29N3O4. The summed E-state index contributed by atoms with van der Waals surface area (Å²) < 4.78 is 10.8. The fourth-order valence-corrected chi connectivity index (χ4v) is 2.81. The molecule has 2 amide bonds. The topological polar surface area (TPSA) is 103 Å². The third-order valence-corrected chi connectivity index (χ3v) is 4.56. The lowest BCUT2D eigenvalue weighted by molar-refractivity contribution is -0.125. The Hall–Kier alpha value is -3.06. The molecule has 0 radical (unpaired) electrons. The zero-order valence-electron chi connectivity index (χ0n) is 17.1. The lowest BCUT2D eigenvalue weighted by atomic mass is 9.94. The van der Waals surface area contributed by atoms with Crippen molar-refractivity contribution in [3.63, 3.8) is 0 Å². The number of methoxy groups -OCH3 is 1. The maximum atomic E-state index is 12.5. The molecule has 0 aliphatic rings. The van der Waals surface area contributed by atoms with Gasteiger partial charge in [0, 0.05) is 19.1 Å². The van der Waals surface area contributed by atoms with Crippen LogP contribution in [-0.2, 0) is 16.1 Å². The number of carbonyl (C=O) groups excluding carboxylic acids is 2. The fourth-order valence-electron chi connectivity index (χ4n) is 2.81. The number of ether oxygens (including phenoxy) is 2. The monoisotopic (exact) mass is 399 g/mol. The predicted molar refractivity (Wildman–Crippen MR) is 112 cm³/mol. The minimum atomic E-state index is -0.379. The number of hydrogen-bond donors (Lipinski definition) is 3. The number of likely N-dealkylation sites (N-methyl/N-ethyl adjacent to an activating group) is 1. The van der Waals surface area contributed by atoms with Crippen molar-refractivity contribution in [1.29, 1.82) is 0 Å². The number of benzene rings is 2. The molecule has 2 atom stereocenters. The van der Waals surface area contributed by atoms with Crippen molar-refractivity contribution in [2.75, 3.05) is 20.3 Å². The minimum absolute atomic E-state index is 0.0881. The van der Waals surface area contributed by atoms with Crippen molar-refractivity contribution in [3.8, 4) is 11.5 Å². The summed E-state index contributed by atoms with van der Waals surface area (Å²) in [7, 11) is 1.53. The second kappa shape index (κ2) is 11.1. The molecular weight excluding hydrogens is 370 g/mol. The highest BCUT2D eigenvalue weighted by Crippen LogP contribution is 2.28. The zero-order chi connectivity index (χ0) is 21.2. The third kappa shape index (κ3) is 6.50. The molecule has 7 heteroatoms. The standard InChI is InChI=1S/C22H29N3O4/c1-4-24-20(26)14-29-18-11-10-16(12-19(18)28-3)13-25-22(27)15(2)21(23)17-8-6-5-7-9-17/h5-12,15,21H,4,13-14,23H2,1-3H3,(H,24,26)(H,25,27). The lowest BCUT2D eigenvalue weighted by Gasteiger charge is -2.20. The summed E-state index contributed by atoms with van der Waals surface area (Å²) in [5, 5.41) is 5.57. The van der Waals surface area contributed by atoms with Crippen LogP contribution in [0.5, 0.6) is 11.5 Å². The van der Waals surface area contributed by atoms with Gasteiger partial charge in [0.05, 0.1) is 13.0 Å². The van der Waals surface area contributed by atoms with Crippen molar-refractivity contribution in [1.82, 2.24) is 10.6 Å². The summed E-state index contributed by atoms with van der Waals surface area (Å²) in [6.45, 7) is 4.44. The van der Waals surface area contributed by atoms with E-state index in [0.29, 0.717) is 24.6 Å². The fraction of sp³-hybridized carbons (Fsp3) is 0.364. The van der Waals surface area contributed by atoms with Crippen LogP contribution in [0.3, 0.4) is 0 Å². The van der Waals surface area contributed by atoms with Gasteiger partial charge in [0.2, 0.25) is 5.91 Å². The summed E-state index contributed by atoms with van der Waals surface area (Å²) >= 11 is 0. The van der Waals surface area contributed by atoms with Crippen LogP contribution in [0.4, 0.5) is 0 Å². The van der Waals surface area contributed by atoms with Crippen LogP contribution in [0, 0.1) is 5.92 Å². The zero-order valence-corrected chi connectivity index (χ0v) is 17.1. The molecule has 0 bridgehead atoms. The molecule has 2 unspecified atom stereocenters. The maximum Gasteiger partial charge on any atom is 0.257 e. The molecule has 0 aromatic heterocycles. The highest BCUT2D eigenvalue weighted by Gasteiger charge is 2.22. The minimum Gasteiger partial charge on any atom is -0.493 e. The van der Waals surface area contributed by atoms with Crippen molar-refractivity contribution >= 4 is 11.8 Å². The highest BCUT2D eigenvalue weighted by molar-refractivity contribution is 5.79. The van der Waals surface area contributed by atoms with Gasteiger partial charge in [-0.1, -0.05) is 43.3 Å². The van der Waals surface area contributed by atoms with Crippen LogP contribution in [0.2, 0.25) is 0 Å². The molecule has 0 saturated heterocycles. The van der Waals surface area contributed by atoms with Crippen LogP contribution in [0.15, 0.2) is 48.5 Å². The molecule has 2 aromatic rings.